The number of amides is 1. The van der Waals surface area contributed by atoms with Gasteiger partial charge in [0.15, 0.2) is 0 Å². The summed E-state index contributed by atoms with van der Waals surface area (Å²) in [4.78, 5) is 15.2. The molecule has 4 nitrogen and oxygen atoms in total. The van der Waals surface area contributed by atoms with Gasteiger partial charge >= 0.3 is 0 Å². The normalized spacial score (nSPS) is 17.5. The van der Waals surface area contributed by atoms with E-state index in [2.05, 4.69) is 91.1 Å². The number of ether oxygens (including phenoxy) is 1. The molecule has 1 heterocycles. The van der Waals surface area contributed by atoms with E-state index in [9.17, 15) is 4.79 Å². The minimum absolute atomic E-state index is 0.0237. The Hall–Kier alpha value is -3.63. The van der Waals surface area contributed by atoms with E-state index >= 15 is 0 Å². The molecule has 5 rings (SSSR count). The molecule has 1 amide bonds. The highest BCUT2D eigenvalue weighted by Crippen LogP contribution is 2.41. The lowest BCUT2D eigenvalue weighted by Gasteiger charge is -2.34. The Morgan fingerprint density at radius 1 is 0.974 bits per heavy atom. The molecule has 4 aromatic rings. The number of carbonyl (C=O) groups is 1. The number of nitrogens with zero attached hydrogens (tertiary/aromatic N) is 1. The summed E-state index contributed by atoms with van der Waals surface area (Å²) >= 11 is 0. The van der Waals surface area contributed by atoms with Gasteiger partial charge in [0.25, 0.3) is 5.91 Å². The maximum absolute atomic E-state index is 13.3. The lowest BCUT2D eigenvalue weighted by Crippen LogP contribution is -2.37. The first-order chi connectivity index (χ1) is 18.5. The minimum Gasteiger partial charge on any atom is -0.489 e. The Morgan fingerprint density at radius 3 is 2.53 bits per heavy atom. The molecule has 0 saturated heterocycles. The van der Waals surface area contributed by atoms with E-state index in [0.717, 1.165) is 29.8 Å². The van der Waals surface area contributed by atoms with E-state index in [1.54, 1.807) is 0 Å². The van der Waals surface area contributed by atoms with Gasteiger partial charge in [-0.2, -0.15) is 0 Å². The van der Waals surface area contributed by atoms with E-state index in [-0.39, 0.29) is 24.0 Å². The smallest absolute Gasteiger partial charge is 0.254 e. The van der Waals surface area contributed by atoms with Gasteiger partial charge in [-0.1, -0.05) is 72.8 Å². The van der Waals surface area contributed by atoms with E-state index in [4.69, 9.17) is 4.74 Å². The van der Waals surface area contributed by atoms with Gasteiger partial charge in [-0.15, -0.1) is 0 Å². The van der Waals surface area contributed by atoms with Crippen LogP contribution in [0.2, 0.25) is 0 Å². The van der Waals surface area contributed by atoms with Crippen molar-refractivity contribution < 1.29 is 9.53 Å². The second-order valence-corrected chi connectivity index (χ2v) is 10.3. The van der Waals surface area contributed by atoms with Gasteiger partial charge in [-0.3, -0.25) is 4.79 Å². The molecule has 1 unspecified atom stereocenters. The highest BCUT2D eigenvalue weighted by Gasteiger charge is 2.30. The van der Waals surface area contributed by atoms with Gasteiger partial charge in [0.05, 0.1) is 0 Å². The lowest BCUT2D eigenvalue weighted by atomic mass is 9.83. The van der Waals surface area contributed by atoms with E-state index < -0.39 is 0 Å². The van der Waals surface area contributed by atoms with Crippen molar-refractivity contribution >= 4 is 16.7 Å². The number of fused-ring (bicyclic) bond motifs is 2. The van der Waals surface area contributed by atoms with Crippen LogP contribution in [0.4, 0.5) is 0 Å². The molecule has 1 aliphatic heterocycles. The fourth-order valence-corrected chi connectivity index (χ4v) is 5.75. The van der Waals surface area contributed by atoms with Crippen molar-refractivity contribution in [3.8, 4) is 5.75 Å². The number of aryl methyl sites for hydroxylation is 1. The first-order valence-corrected chi connectivity index (χ1v) is 13.9. The SMILES string of the molecule is CCN(CC)C(=O)c1cc([C@@H]2C[C@H](CNC(C)c3cccc4ccccc34)Oc3ccccc32)ccc1C. The van der Waals surface area contributed by atoms with Crippen LogP contribution in [0.5, 0.6) is 5.75 Å². The summed E-state index contributed by atoms with van der Waals surface area (Å²) in [6.07, 6.45) is 0.879. The molecule has 0 aliphatic carbocycles. The Bertz CT molecular complexity index is 1420. The molecule has 0 saturated carbocycles. The molecular formula is C34H38N2O2. The Kier molecular flexibility index (Phi) is 7.80. The van der Waals surface area contributed by atoms with Crippen LogP contribution < -0.4 is 10.1 Å². The van der Waals surface area contributed by atoms with Crippen LogP contribution in [0.1, 0.15) is 71.8 Å². The highest BCUT2D eigenvalue weighted by molar-refractivity contribution is 5.96. The maximum Gasteiger partial charge on any atom is 0.254 e. The van der Waals surface area contributed by atoms with Gasteiger partial charge in [0.2, 0.25) is 0 Å². The standard InChI is InChI=1S/C34H38N2O2/c1-5-36(6-2)34(37)31-20-26(19-18-23(31)3)32-21-27(38-33-17-10-9-15-30(32)33)22-35-24(4)28-16-11-13-25-12-7-8-14-29(25)28/h7-20,24,27,32,35H,5-6,21-22H2,1-4H3/t24?,27-,32+/m1/s1. The van der Waals surface area contributed by atoms with Gasteiger partial charge in [-0.05, 0) is 73.7 Å². The third kappa shape index (κ3) is 5.19. The van der Waals surface area contributed by atoms with Crippen LogP contribution in [0.25, 0.3) is 10.8 Å². The first kappa shape index (κ1) is 26.0. The lowest BCUT2D eigenvalue weighted by molar-refractivity contribution is 0.0772. The number of hydrogen-bond acceptors (Lipinski definition) is 3. The van der Waals surface area contributed by atoms with Gasteiger partial charge in [0, 0.05) is 42.7 Å². The monoisotopic (exact) mass is 506 g/mol. The topological polar surface area (TPSA) is 41.6 Å². The van der Waals surface area contributed by atoms with Crippen molar-refractivity contribution in [1.82, 2.24) is 10.2 Å². The molecule has 1 aliphatic rings. The molecule has 38 heavy (non-hydrogen) atoms. The summed E-state index contributed by atoms with van der Waals surface area (Å²) in [7, 11) is 0. The van der Waals surface area contributed by atoms with Crippen LogP contribution in [0, 0.1) is 6.92 Å². The van der Waals surface area contributed by atoms with Crippen LogP contribution in [-0.2, 0) is 0 Å². The first-order valence-electron chi connectivity index (χ1n) is 13.9. The summed E-state index contributed by atoms with van der Waals surface area (Å²) in [5.41, 5.74) is 5.49. The summed E-state index contributed by atoms with van der Waals surface area (Å²) < 4.78 is 6.49. The quantitative estimate of drug-likeness (QED) is 0.273. The molecule has 1 N–H and O–H groups in total. The zero-order chi connectivity index (χ0) is 26.6. The van der Waals surface area contributed by atoms with Crippen molar-refractivity contribution in [3.05, 3.63) is 113 Å². The second kappa shape index (κ2) is 11.4. The van der Waals surface area contributed by atoms with Crippen LogP contribution >= 0.6 is 0 Å². The minimum atomic E-state index is 0.0237. The molecule has 0 radical (unpaired) electrons. The van der Waals surface area contributed by atoms with E-state index in [1.807, 2.05) is 31.7 Å². The molecule has 0 bridgehead atoms. The second-order valence-electron chi connectivity index (χ2n) is 10.3. The van der Waals surface area contributed by atoms with Gasteiger partial charge in [0.1, 0.15) is 11.9 Å². The van der Waals surface area contributed by atoms with Crippen molar-refractivity contribution in [2.24, 2.45) is 0 Å². The largest absolute Gasteiger partial charge is 0.489 e. The number of para-hydroxylation sites is 1. The number of benzene rings is 4. The number of nitrogens with one attached hydrogen (secondary N) is 1. The Balaban J connectivity index is 1.39. The zero-order valence-electron chi connectivity index (χ0n) is 22.9. The van der Waals surface area contributed by atoms with Crippen molar-refractivity contribution in [3.63, 3.8) is 0 Å². The average Bonchev–Trinajstić information content (AvgIpc) is 2.96. The fourth-order valence-electron chi connectivity index (χ4n) is 5.75. The predicted molar refractivity (Wildman–Crippen MR) is 156 cm³/mol. The fraction of sp³-hybridized carbons (Fsp3) is 0.324. The molecule has 3 atom stereocenters. The molecule has 0 fully saturated rings. The summed E-state index contributed by atoms with van der Waals surface area (Å²) in [6.45, 7) is 10.5. The molecule has 0 spiro atoms. The number of rotatable bonds is 8. The Labute approximate surface area is 226 Å². The number of hydrogen-bond donors (Lipinski definition) is 1. The van der Waals surface area contributed by atoms with Crippen molar-refractivity contribution in [2.75, 3.05) is 19.6 Å². The maximum atomic E-state index is 13.3. The summed E-state index contributed by atoms with van der Waals surface area (Å²) in [5, 5.41) is 6.29. The molecule has 0 aromatic heterocycles. The van der Waals surface area contributed by atoms with Gasteiger partial charge < -0.3 is 15.0 Å². The third-order valence-corrected chi connectivity index (χ3v) is 7.97. The number of carbonyl (C=O) groups excluding carboxylic acids is 1. The van der Waals surface area contributed by atoms with Crippen LogP contribution in [-0.4, -0.2) is 36.5 Å². The summed E-state index contributed by atoms with van der Waals surface area (Å²) in [5.74, 6) is 1.21. The third-order valence-electron chi connectivity index (χ3n) is 7.97. The van der Waals surface area contributed by atoms with Crippen LogP contribution in [0.3, 0.4) is 0 Å². The van der Waals surface area contributed by atoms with E-state index in [0.29, 0.717) is 13.1 Å². The highest BCUT2D eigenvalue weighted by atomic mass is 16.5. The van der Waals surface area contributed by atoms with E-state index in [1.165, 1.54) is 27.5 Å². The zero-order valence-corrected chi connectivity index (χ0v) is 22.9. The van der Waals surface area contributed by atoms with Crippen molar-refractivity contribution in [2.45, 2.75) is 52.2 Å². The van der Waals surface area contributed by atoms with Gasteiger partial charge in [-0.25, -0.2) is 0 Å². The molecule has 196 valence electrons. The molecule has 4 heteroatoms. The van der Waals surface area contributed by atoms with Crippen LogP contribution in [0.15, 0.2) is 84.9 Å². The average molecular weight is 507 g/mol. The molecule has 4 aromatic carbocycles. The predicted octanol–water partition coefficient (Wildman–Crippen LogP) is 7.26. The van der Waals surface area contributed by atoms with Crippen molar-refractivity contribution in [1.29, 1.82) is 0 Å². The molecular weight excluding hydrogens is 468 g/mol. The Morgan fingerprint density at radius 2 is 1.71 bits per heavy atom. The summed E-state index contributed by atoms with van der Waals surface area (Å²) in [6, 6.07) is 30.0.